The molecule has 0 amide bonds. The van der Waals surface area contributed by atoms with Crippen LogP contribution in [0.4, 0.5) is 5.69 Å². The minimum atomic E-state index is 0.853. The molecule has 12 heavy (non-hydrogen) atoms. The maximum atomic E-state index is 5.75. The van der Waals surface area contributed by atoms with Crippen LogP contribution in [0.5, 0.6) is 0 Å². The smallest absolute Gasteiger partial charge is 0.0349 e. The maximum absolute atomic E-state index is 5.75. The summed E-state index contributed by atoms with van der Waals surface area (Å²) in [5.41, 5.74) is 8.94. The number of nitrogen functional groups attached to an aromatic ring is 1. The Kier molecular flexibility index (Phi) is 3.35. The van der Waals surface area contributed by atoms with Gasteiger partial charge in [0.05, 0.1) is 0 Å². The third-order valence-corrected chi connectivity index (χ3v) is 2.18. The molecule has 0 unspecified atom stereocenters. The number of nitrogens with two attached hydrogens (primary N) is 1. The van der Waals surface area contributed by atoms with E-state index in [9.17, 15) is 0 Å². The molecule has 0 aliphatic heterocycles. The fraction of sp³-hybridized carbons (Fsp3) is 0.200. The van der Waals surface area contributed by atoms with Gasteiger partial charge in [0.25, 0.3) is 0 Å². The molecule has 0 aromatic heterocycles. The van der Waals surface area contributed by atoms with Crippen LogP contribution in [0.2, 0.25) is 0 Å². The molecule has 0 aliphatic rings. The summed E-state index contributed by atoms with van der Waals surface area (Å²) in [6.07, 6.45) is 4.13. The predicted molar refractivity (Wildman–Crippen MR) is 58.4 cm³/mol. The van der Waals surface area contributed by atoms with Crippen molar-refractivity contribution in [3.05, 3.63) is 35.4 Å². The van der Waals surface area contributed by atoms with E-state index in [1.165, 1.54) is 5.56 Å². The van der Waals surface area contributed by atoms with Crippen molar-refractivity contribution in [2.24, 2.45) is 0 Å². The lowest BCUT2D eigenvalue weighted by Gasteiger charge is -2.02. The molecule has 0 bridgehead atoms. The van der Waals surface area contributed by atoms with Crippen LogP contribution in [0.15, 0.2) is 24.3 Å². The van der Waals surface area contributed by atoms with Crippen LogP contribution in [-0.2, 0) is 0 Å². The van der Waals surface area contributed by atoms with E-state index >= 15 is 0 Å². The van der Waals surface area contributed by atoms with E-state index in [0.717, 1.165) is 16.6 Å². The number of rotatable bonds is 2. The molecule has 1 aromatic carbocycles. The van der Waals surface area contributed by atoms with Crippen LogP contribution in [-0.4, -0.2) is 5.33 Å². The van der Waals surface area contributed by atoms with Gasteiger partial charge in [-0.25, -0.2) is 0 Å². The summed E-state index contributed by atoms with van der Waals surface area (Å²) in [6.45, 7) is 2.03. The van der Waals surface area contributed by atoms with E-state index in [1.807, 2.05) is 19.1 Å². The lowest BCUT2D eigenvalue weighted by atomic mass is 10.1. The topological polar surface area (TPSA) is 26.0 Å². The Morgan fingerprint density at radius 3 is 2.92 bits per heavy atom. The second-order valence-electron chi connectivity index (χ2n) is 2.62. The Bertz CT molecular complexity index is 292. The van der Waals surface area contributed by atoms with Gasteiger partial charge in [0.15, 0.2) is 0 Å². The number of halogens is 1. The SMILES string of the molecule is Cc1c(N)cccc1C=CCBr. The number of benzene rings is 1. The summed E-state index contributed by atoms with van der Waals surface area (Å²) in [5.74, 6) is 0. The molecule has 0 spiro atoms. The van der Waals surface area contributed by atoms with E-state index in [1.54, 1.807) is 0 Å². The molecule has 0 heterocycles. The second-order valence-corrected chi connectivity index (χ2v) is 3.27. The zero-order valence-corrected chi connectivity index (χ0v) is 8.64. The maximum Gasteiger partial charge on any atom is 0.0349 e. The fourth-order valence-corrected chi connectivity index (χ4v) is 1.21. The van der Waals surface area contributed by atoms with Crippen molar-refractivity contribution in [2.75, 3.05) is 11.1 Å². The van der Waals surface area contributed by atoms with E-state index in [0.29, 0.717) is 0 Å². The Morgan fingerprint density at radius 2 is 2.25 bits per heavy atom. The summed E-state index contributed by atoms with van der Waals surface area (Å²) in [4.78, 5) is 0. The number of anilines is 1. The van der Waals surface area contributed by atoms with Crippen LogP contribution in [0, 0.1) is 6.92 Å². The first-order valence-electron chi connectivity index (χ1n) is 3.83. The van der Waals surface area contributed by atoms with Crippen molar-refractivity contribution in [3.63, 3.8) is 0 Å². The lowest BCUT2D eigenvalue weighted by molar-refractivity contribution is 1.44. The van der Waals surface area contributed by atoms with Crippen molar-refractivity contribution in [1.29, 1.82) is 0 Å². The Balaban J connectivity index is 3.00. The van der Waals surface area contributed by atoms with Crippen molar-refractivity contribution in [3.8, 4) is 0 Å². The zero-order valence-electron chi connectivity index (χ0n) is 7.05. The Hall–Kier alpha value is -0.760. The number of hydrogen-bond donors (Lipinski definition) is 1. The first-order valence-corrected chi connectivity index (χ1v) is 4.95. The normalized spacial score (nSPS) is 10.8. The van der Waals surface area contributed by atoms with Gasteiger partial charge in [-0.2, -0.15) is 0 Å². The molecule has 2 N–H and O–H groups in total. The van der Waals surface area contributed by atoms with Crippen LogP contribution in [0.1, 0.15) is 11.1 Å². The number of hydrogen-bond acceptors (Lipinski definition) is 1. The minimum Gasteiger partial charge on any atom is -0.398 e. The van der Waals surface area contributed by atoms with Crippen LogP contribution >= 0.6 is 15.9 Å². The van der Waals surface area contributed by atoms with Crippen molar-refractivity contribution in [2.45, 2.75) is 6.92 Å². The van der Waals surface area contributed by atoms with Gasteiger partial charge >= 0.3 is 0 Å². The number of alkyl halides is 1. The Morgan fingerprint density at radius 1 is 1.50 bits per heavy atom. The molecule has 0 aliphatic carbocycles. The summed E-state index contributed by atoms with van der Waals surface area (Å²) in [6, 6.07) is 5.95. The van der Waals surface area contributed by atoms with Crippen molar-refractivity contribution >= 4 is 27.7 Å². The minimum absolute atomic E-state index is 0.853. The molecule has 0 fully saturated rings. The van der Waals surface area contributed by atoms with Crippen molar-refractivity contribution < 1.29 is 0 Å². The first-order chi connectivity index (χ1) is 5.75. The van der Waals surface area contributed by atoms with Gasteiger partial charge < -0.3 is 5.73 Å². The quantitative estimate of drug-likeness (QED) is 0.608. The highest BCUT2D eigenvalue weighted by molar-refractivity contribution is 9.09. The molecule has 1 rings (SSSR count). The standard InChI is InChI=1S/C10H12BrN/c1-8-9(5-3-7-11)4-2-6-10(8)12/h2-6H,7,12H2,1H3. The van der Waals surface area contributed by atoms with Crippen LogP contribution in [0.3, 0.4) is 0 Å². The van der Waals surface area contributed by atoms with Crippen LogP contribution < -0.4 is 5.73 Å². The first kappa shape index (κ1) is 9.33. The molecule has 0 radical (unpaired) electrons. The highest BCUT2D eigenvalue weighted by Gasteiger charge is 1.95. The third-order valence-electron chi connectivity index (χ3n) is 1.80. The second kappa shape index (κ2) is 4.31. The van der Waals surface area contributed by atoms with E-state index in [4.69, 9.17) is 5.73 Å². The highest BCUT2D eigenvalue weighted by Crippen LogP contribution is 2.16. The summed E-state index contributed by atoms with van der Waals surface area (Å²) < 4.78 is 0. The van der Waals surface area contributed by atoms with Crippen LogP contribution in [0.25, 0.3) is 6.08 Å². The van der Waals surface area contributed by atoms with Gasteiger partial charge in [-0.05, 0) is 24.1 Å². The monoisotopic (exact) mass is 225 g/mol. The molecule has 1 aromatic rings. The average Bonchev–Trinajstić information content (AvgIpc) is 2.08. The molecule has 0 atom stereocenters. The predicted octanol–water partition coefficient (Wildman–Crippen LogP) is 2.99. The molecule has 0 saturated heterocycles. The fourth-order valence-electron chi connectivity index (χ4n) is 1.02. The molecule has 64 valence electrons. The lowest BCUT2D eigenvalue weighted by Crippen LogP contribution is -1.90. The van der Waals surface area contributed by atoms with Gasteiger partial charge in [-0.15, -0.1) is 0 Å². The molecule has 2 heteroatoms. The molecular formula is C10H12BrN. The summed E-state index contributed by atoms with van der Waals surface area (Å²) >= 11 is 3.33. The number of allylic oxidation sites excluding steroid dienone is 1. The highest BCUT2D eigenvalue weighted by atomic mass is 79.9. The van der Waals surface area contributed by atoms with Gasteiger partial charge in [0, 0.05) is 11.0 Å². The van der Waals surface area contributed by atoms with E-state index in [-0.39, 0.29) is 0 Å². The average molecular weight is 226 g/mol. The van der Waals surface area contributed by atoms with Gasteiger partial charge in [0.2, 0.25) is 0 Å². The zero-order chi connectivity index (χ0) is 8.97. The van der Waals surface area contributed by atoms with Gasteiger partial charge in [-0.3, -0.25) is 0 Å². The summed E-state index contributed by atoms with van der Waals surface area (Å²) in [7, 11) is 0. The van der Waals surface area contributed by atoms with Gasteiger partial charge in [-0.1, -0.05) is 40.2 Å². The van der Waals surface area contributed by atoms with E-state index < -0.39 is 0 Å². The molecule has 1 nitrogen and oxygen atoms in total. The molecular weight excluding hydrogens is 214 g/mol. The van der Waals surface area contributed by atoms with E-state index in [2.05, 4.69) is 34.1 Å². The third kappa shape index (κ3) is 2.11. The largest absolute Gasteiger partial charge is 0.398 e. The van der Waals surface area contributed by atoms with Crippen molar-refractivity contribution in [1.82, 2.24) is 0 Å². The summed E-state index contributed by atoms with van der Waals surface area (Å²) in [5, 5.41) is 0.876. The Labute approximate surface area is 81.4 Å². The molecule has 0 saturated carbocycles. The van der Waals surface area contributed by atoms with Gasteiger partial charge in [0.1, 0.15) is 0 Å².